The van der Waals surface area contributed by atoms with E-state index < -0.39 is 0 Å². The molecule has 8 nitrogen and oxygen atoms in total. The van der Waals surface area contributed by atoms with Crippen LogP contribution in [0, 0.1) is 0 Å². The third-order valence-electron chi connectivity index (χ3n) is 6.60. The molecule has 0 atom stereocenters. The lowest BCUT2D eigenvalue weighted by atomic mass is 10.0. The SMILES string of the molecule is C=C(C)OC(=O)N1CC=C(c2cc3c(Nc4cccc(N5CCN(C)CC5)c4)ccnc3[nH]2)CC1. The van der Waals surface area contributed by atoms with Crippen molar-refractivity contribution in [2.24, 2.45) is 0 Å². The van der Waals surface area contributed by atoms with Crippen LogP contribution in [-0.2, 0) is 4.74 Å². The smallest absolute Gasteiger partial charge is 0.415 e. The highest BCUT2D eigenvalue weighted by Gasteiger charge is 2.21. The first-order valence-electron chi connectivity index (χ1n) is 12.1. The minimum atomic E-state index is -0.351. The standard InChI is InChI=1S/C27H32N6O2/c1-19(2)35-27(34)33-11-8-20(9-12-33)25-18-23-24(7-10-28-26(23)30-25)29-21-5-4-6-22(17-21)32-15-13-31(3)14-16-32/h4-8,10,17-18H,1,9,11-16H2,2-3H3,(H2,28,29,30). The van der Waals surface area contributed by atoms with Crippen molar-refractivity contribution in [3.63, 3.8) is 0 Å². The number of hydrogen-bond acceptors (Lipinski definition) is 6. The molecular weight excluding hydrogens is 440 g/mol. The normalized spacial score (nSPS) is 16.8. The van der Waals surface area contributed by atoms with Crippen molar-refractivity contribution in [3.8, 4) is 0 Å². The second-order valence-corrected chi connectivity index (χ2v) is 9.26. The van der Waals surface area contributed by atoms with E-state index in [0.29, 0.717) is 18.8 Å². The number of aromatic amines is 1. The number of ether oxygens (including phenoxy) is 1. The number of carbonyl (C=O) groups is 1. The molecule has 1 fully saturated rings. The van der Waals surface area contributed by atoms with Gasteiger partial charge in [0.1, 0.15) is 5.65 Å². The van der Waals surface area contributed by atoms with Crippen LogP contribution >= 0.6 is 0 Å². The number of nitrogens with zero attached hydrogens (tertiary/aromatic N) is 4. The van der Waals surface area contributed by atoms with E-state index in [0.717, 1.165) is 60.7 Å². The van der Waals surface area contributed by atoms with E-state index in [9.17, 15) is 4.79 Å². The van der Waals surface area contributed by atoms with Gasteiger partial charge in [-0.1, -0.05) is 18.7 Å². The molecule has 0 bridgehead atoms. The second-order valence-electron chi connectivity index (χ2n) is 9.26. The highest BCUT2D eigenvalue weighted by Crippen LogP contribution is 2.31. The van der Waals surface area contributed by atoms with Gasteiger partial charge in [0, 0.05) is 67.9 Å². The summed E-state index contributed by atoms with van der Waals surface area (Å²) in [6, 6.07) is 12.7. The number of likely N-dealkylation sites (N-methyl/N-ethyl adjacent to an activating group) is 1. The predicted octanol–water partition coefficient (Wildman–Crippen LogP) is 4.82. The van der Waals surface area contributed by atoms with E-state index in [1.807, 2.05) is 12.3 Å². The lowest BCUT2D eigenvalue weighted by molar-refractivity contribution is 0.133. The largest absolute Gasteiger partial charge is 0.416 e. The van der Waals surface area contributed by atoms with Gasteiger partial charge in [0.2, 0.25) is 0 Å². The summed E-state index contributed by atoms with van der Waals surface area (Å²) in [5.74, 6) is 0.403. The first-order valence-corrected chi connectivity index (χ1v) is 12.1. The van der Waals surface area contributed by atoms with Crippen LogP contribution in [0.15, 0.2) is 61.0 Å². The molecule has 0 spiro atoms. The Balaban J connectivity index is 1.33. The van der Waals surface area contributed by atoms with Crippen molar-refractivity contribution in [2.45, 2.75) is 13.3 Å². The van der Waals surface area contributed by atoms with Gasteiger partial charge >= 0.3 is 6.09 Å². The van der Waals surface area contributed by atoms with Gasteiger partial charge in [0.25, 0.3) is 0 Å². The van der Waals surface area contributed by atoms with Crippen LogP contribution in [0.2, 0.25) is 0 Å². The van der Waals surface area contributed by atoms with Crippen molar-refractivity contribution in [3.05, 3.63) is 66.7 Å². The molecule has 1 aromatic carbocycles. The molecule has 0 radical (unpaired) electrons. The van der Waals surface area contributed by atoms with Gasteiger partial charge in [-0.2, -0.15) is 0 Å². The number of nitrogens with one attached hydrogen (secondary N) is 2. The molecule has 0 aliphatic carbocycles. The number of fused-ring (bicyclic) bond motifs is 1. The number of anilines is 3. The van der Waals surface area contributed by atoms with E-state index in [2.05, 4.69) is 75.1 Å². The third kappa shape index (κ3) is 5.17. The Morgan fingerprint density at radius 1 is 1.14 bits per heavy atom. The van der Waals surface area contributed by atoms with Gasteiger partial charge < -0.3 is 29.7 Å². The molecule has 0 unspecified atom stereocenters. The first-order chi connectivity index (χ1) is 17.0. The number of pyridine rings is 1. The molecule has 5 rings (SSSR count). The molecule has 2 aromatic heterocycles. The zero-order valence-electron chi connectivity index (χ0n) is 20.4. The van der Waals surface area contributed by atoms with E-state index >= 15 is 0 Å². The van der Waals surface area contributed by atoms with Gasteiger partial charge in [-0.15, -0.1) is 0 Å². The molecule has 182 valence electrons. The van der Waals surface area contributed by atoms with Gasteiger partial charge in [-0.25, -0.2) is 9.78 Å². The van der Waals surface area contributed by atoms with Gasteiger partial charge in [-0.05, 0) is 56.3 Å². The molecule has 0 saturated carbocycles. The maximum Gasteiger partial charge on any atom is 0.415 e. The third-order valence-corrected chi connectivity index (χ3v) is 6.60. The summed E-state index contributed by atoms with van der Waals surface area (Å²) in [4.78, 5) is 26.6. The molecule has 3 aromatic rings. The Hall–Kier alpha value is -3.78. The predicted molar refractivity (Wildman–Crippen MR) is 141 cm³/mol. The molecule has 2 aliphatic heterocycles. The average Bonchev–Trinajstić information content (AvgIpc) is 3.30. The molecule has 35 heavy (non-hydrogen) atoms. The number of allylic oxidation sites excluding steroid dienone is 1. The maximum absolute atomic E-state index is 12.1. The summed E-state index contributed by atoms with van der Waals surface area (Å²) in [6.45, 7) is 10.7. The summed E-state index contributed by atoms with van der Waals surface area (Å²) < 4.78 is 5.13. The number of carbonyl (C=O) groups excluding carboxylic acids is 1. The average molecular weight is 473 g/mol. The van der Waals surface area contributed by atoms with Crippen molar-refractivity contribution in [1.29, 1.82) is 0 Å². The monoisotopic (exact) mass is 472 g/mol. The number of piperazine rings is 1. The van der Waals surface area contributed by atoms with Gasteiger partial charge in [0.15, 0.2) is 0 Å². The van der Waals surface area contributed by atoms with Gasteiger partial charge in [-0.3, -0.25) is 0 Å². The molecule has 8 heteroatoms. The molecule has 1 amide bonds. The summed E-state index contributed by atoms with van der Waals surface area (Å²) >= 11 is 0. The van der Waals surface area contributed by atoms with Crippen LogP contribution in [0.25, 0.3) is 16.6 Å². The fourth-order valence-electron chi connectivity index (χ4n) is 4.60. The van der Waals surface area contributed by atoms with E-state index in [1.54, 1.807) is 11.8 Å². The molecule has 2 aliphatic rings. The van der Waals surface area contributed by atoms with E-state index in [4.69, 9.17) is 4.74 Å². The zero-order chi connectivity index (χ0) is 24.4. The first kappa shape index (κ1) is 23.0. The second kappa shape index (κ2) is 9.84. The lowest BCUT2D eigenvalue weighted by Crippen LogP contribution is -2.44. The van der Waals surface area contributed by atoms with Gasteiger partial charge in [0.05, 0.1) is 11.4 Å². The molecule has 2 N–H and O–H groups in total. The van der Waals surface area contributed by atoms with Crippen molar-refractivity contribution >= 4 is 39.8 Å². The Kier molecular flexibility index (Phi) is 6.46. The molecule has 4 heterocycles. The van der Waals surface area contributed by atoms with Crippen molar-refractivity contribution in [1.82, 2.24) is 19.8 Å². The fourth-order valence-corrected chi connectivity index (χ4v) is 4.60. The summed E-state index contributed by atoms with van der Waals surface area (Å²) in [7, 11) is 2.17. The number of rotatable bonds is 5. The zero-order valence-corrected chi connectivity index (χ0v) is 20.4. The van der Waals surface area contributed by atoms with Crippen LogP contribution in [0.4, 0.5) is 21.9 Å². The van der Waals surface area contributed by atoms with Crippen molar-refractivity contribution in [2.75, 3.05) is 56.5 Å². The number of amides is 1. The Bertz CT molecular complexity index is 1270. The summed E-state index contributed by atoms with van der Waals surface area (Å²) in [6.07, 6.45) is 4.28. The van der Waals surface area contributed by atoms with E-state index in [-0.39, 0.29) is 6.09 Å². The fraction of sp³-hybridized carbons (Fsp3) is 0.333. The van der Waals surface area contributed by atoms with Crippen LogP contribution < -0.4 is 10.2 Å². The number of benzene rings is 1. The van der Waals surface area contributed by atoms with E-state index in [1.165, 1.54) is 11.3 Å². The maximum atomic E-state index is 12.1. The minimum absolute atomic E-state index is 0.351. The van der Waals surface area contributed by atoms with Crippen LogP contribution in [-0.4, -0.2) is 72.2 Å². The Morgan fingerprint density at radius 2 is 1.97 bits per heavy atom. The van der Waals surface area contributed by atoms with Crippen LogP contribution in [0.1, 0.15) is 19.0 Å². The minimum Gasteiger partial charge on any atom is -0.416 e. The van der Waals surface area contributed by atoms with Crippen LogP contribution in [0.5, 0.6) is 0 Å². The van der Waals surface area contributed by atoms with Crippen LogP contribution in [0.3, 0.4) is 0 Å². The number of H-pyrrole nitrogens is 1. The summed E-state index contributed by atoms with van der Waals surface area (Å²) in [5.41, 5.74) is 6.35. The quantitative estimate of drug-likeness (QED) is 0.519. The number of hydrogen-bond donors (Lipinski definition) is 2. The highest BCUT2D eigenvalue weighted by molar-refractivity contribution is 5.94. The molecular formula is C27H32N6O2. The summed E-state index contributed by atoms with van der Waals surface area (Å²) in [5, 5.41) is 4.64. The number of aromatic nitrogens is 2. The lowest BCUT2D eigenvalue weighted by Gasteiger charge is -2.34. The van der Waals surface area contributed by atoms with Crippen molar-refractivity contribution < 1.29 is 9.53 Å². The topological polar surface area (TPSA) is 76.7 Å². The Morgan fingerprint density at radius 3 is 2.71 bits per heavy atom. The molecule has 1 saturated heterocycles. The Labute approximate surface area is 205 Å². The highest BCUT2D eigenvalue weighted by atomic mass is 16.6.